The molecule has 0 aliphatic heterocycles. The van der Waals surface area contributed by atoms with Crippen molar-refractivity contribution < 1.29 is 4.79 Å². The summed E-state index contributed by atoms with van der Waals surface area (Å²) in [4.78, 5) is 10.4. The summed E-state index contributed by atoms with van der Waals surface area (Å²) in [5, 5.41) is 0. The summed E-state index contributed by atoms with van der Waals surface area (Å²) >= 11 is 0. The fourth-order valence-electron chi connectivity index (χ4n) is 2.13. The summed E-state index contributed by atoms with van der Waals surface area (Å²) in [6.45, 7) is 2.26. The zero-order valence-corrected chi connectivity index (χ0v) is 11.6. The van der Waals surface area contributed by atoms with Crippen LogP contribution in [0.1, 0.15) is 90.4 Å². The van der Waals surface area contributed by atoms with Crippen molar-refractivity contribution in [2.45, 2.75) is 90.4 Å². The molecule has 1 N–H and O–H groups in total. The van der Waals surface area contributed by atoms with Crippen LogP contribution in [0, 0.1) is 0 Å². The molecule has 0 rings (SSSR count). The summed E-state index contributed by atoms with van der Waals surface area (Å²) in [6, 6.07) is 0. The van der Waals surface area contributed by atoms with Gasteiger partial charge >= 0.3 is 0 Å². The highest BCUT2D eigenvalue weighted by atomic mass is 16.1. The molecule has 0 atom stereocenters. The standard InChI is InChI=1S/C15H30NO/c1-2-3-4-5-6-7-8-9-10-11-12-13-14-15(16)17/h16H,2-14H2,1H3. The van der Waals surface area contributed by atoms with Gasteiger partial charge in [0.25, 0.3) is 0 Å². The van der Waals surface area contributed by atoms with E-state index in [0.717, 1.165) is 12.8 Å². The molecule has 2 nitrogen and oxygen atoms in total. The van der Waals surface area contributed by atoms with E-state index in [0.29, 0.717) is 6.42 Å². The lowest BCUT2D eigenvalue weighted by atomic mass is 10.0. The second-order valence-electron chi connectivity index (χ2n) is 5.06. The molecule has 0 fully saturated rings. The maximum absolute atomic E-state index is 10.4. The van der Waals surface area contributed by atoms with Gasteiger partial charge in [-0.2, -0.15) is 0 Å². The molecule has 0 aromatic rings. The van der Waals surface area contributed by atoms with Crippen LogP contribution in [-0.2, 0) is 4.79 Å². The third-order valence-electron chi connectivity index (χ3n) is 3.26. The number of carbonyl (C=O) groups is 1. The minimum Gasteiger partial charge on any atom is -0.273 e. The molecule has 0 aromatic heterocycles. The average molecular weight is 240 g/mol. The van der Waals surface area contributed by atoms with E-state index in [1.807, 2.05) is 0 Å². The van der Waals surface area contributed by atoms with Crippen molar-refractivity contribution in [2.75, 3.05) is 0 Å². The Morgan fingerprint density at radius 2 is 1.06 bits per heavy atom. The Labute approximate surface area is 107 Å². The zero-order valence-electron chi connectivity index (χ0n) is 11.6. The van der Waals surface area contributed by atoms with Crippen molar-refractivity contribution in [3.8, 4) is 0 Å². The monoisotopic (exact) mass is 240 g/mol. The normalized spacial score (nSPS) is 10.6. The number of carbonyl (C=O) groups excluding carboxylic acids is 1. The molecule has 0 heterocycles. The third kappa shape index (κ3) is 15.5. The Kier molecular flexibility index (Phi) is 13.1. The maximum atomic E-state index is 10.4. The average Bonchev–Trinajstić information content (AvgIpc) is 2.30. The smallest absolute Gasteiger partial charge is 0.238 e. The Morgan fingerprint density at radius 1 is 0.706 bits per heavy atom. The van der Waals surface area contributed by atoms with Gasteiger partial charge in [-0.25, -0.2) is 0 Å². The van der Waals surface area contributed by atoms with Gasteiger partial charge in [0, 0.05) is 6.42 Å². The fourth-order valence-corrected chi connectivity index (χ4v) is 2.13. The summed E-state index contributed by atoms with van der Waals surface area (Å²) in [5.41, 5.74) is 6.78. The lowest BCUT2D eigenvalue weighted by molar-refractivity contribution is -0.118. The first-order chi connectivity index (χ1) is 8.27. The van der Waals surface area contributed by atoms with Crippen LogP contribution in [0.15, 0.2) is 0 Å². The zero-order chi connectivity index (χ0) is 12.8. The Morgan fingerprint density at radius 3 is 1.41 bits per heavy atom. The van der Waals surface area contributed by atoms with Crippen LogP contribution in [0.3, 0.4) is 0 Å². The van der Waals surface area contributed by atoms with Gasteiger partial charge in [0.05, 0.1) is 0 Å². The molecule has 0 aromatic carbocycles. The van der Waals surface area contributed by atoms with Gasteiger partial charge < -0.3 is 0 Å². The van der Waals surface area contributed by atoms with E-state index >= 15 is 0 Å². The van der Waals surface area contributed by atoms with E-state index in [-0.39, 0.29) is 0 Å². The molecular weight excluding hydrogens is 210 g/mol. The van der Waals surface area contributed by atoms with Crippen LogP contribution >= 0.6 is 0 Å². The lowest BCUT2D eigenvalue weighted by Crippen LogP contribution is -1.96. The summed E-state index contributed by atoms with van der Waals surface area (Å²) in [5.74, 6) is -0.405. The summed E-state index contributed by atoms with van der Waals surface area (Å²) in [7, 11) is 0. The number of unbranched alkanes of at least 4 members (excludes halogenated alkanes) is 11. The highest BCUT2D eigenvalue weighted by molar-refractivity contribution is 5.72. The minimum absolute atomic E-state index is 0.405. The largest absolute Gasteiger partial charge is 0.273 e. The van der Waals surface area contributed by atoms with Crippen LogP contribution in [0.4, 0.5) is 0 Å². The molecule has 0 saturated heterocycles. The molecule has 0 aliphatic rings. The van der Waals surface area contributed by atoms with Gasteiger partial charge in [0.15, 0.2) is 0 Å². The number of hydrogen-bond donors (Lipinski definition) is 0. The molecule has 0 aliphatic carbocycles. The molecule has 0 unspecified atom stereocenters. The minimum atomic E-state index is -0.405. The molecule has 17 heavy (non-hydrogen) atoms. The highest BCUT2D eigenvalue weighted by Gasteiger charge is 1.96. The first-order valence-corrected chi connectivity index (χ1v) is 7.51. The van der Waals surface area contributed by atoms with Crippen LogP contribution < -0.4 is 5.73 Å². The van der Waals surface area contributed by atoms with Crippen LogP contribution in [-0.4, -0.2) is 5.91 Å². The lowest BCUT2D eigenvalue weighted by Gasteiger charge is -2.02. The first-order valence-electron chi connectivity index (χ1n) is 7.51. The van der Waals surface area contributed by atoms with Gasteiger partial charge in [-0.3, -0.25) is 10.5 Å². The topological polar surface area (TPSA) is 40.9 Å². The summed E-state index contributed by atoms with van der Waals surface area (Å²) in [6.07, 6.45) is 16.1. The van der Waals surface area contributed by atoms with Crippen molar-refractivity contribution in [3.63, 3.8) is 0 Å². The molecule has 0 bridgehead atoms. The summed E-state index contributed by atoms with van der Waals surface area (Å²) < 4.78 is 0. The van der Waals surface area contributed by atoms with Crippen LogP contribution in [0.2, 0.25) is 0 Å². The molecule has 101 valence electrons. The van der Waals surface area contributed by atoms with Gasteiger partial charge in [-0.05, 0) is 6.42 Å². The van der Waals surface area contributed by atoms with Gasteiger partial charge in [0.2, 0.25) is 5.91 Å². The molecule has 0 spiro atoms. The van der Waals surface area contributed by atoms with Crippen molar-refractivity contribution in [1.82, 2.24) is 5.73 Å². The highest BCUT2D eigenvalue weighted by Crippen LogP contribution is 2.12. The van der Waals surface area contributed by atoms with Crippen molar-refractivity contribution in [1.29, 1.82) is 0 Å². The predicted molar refractivity (Wildman–Crippen MR) is 73.8 cm³/mol. The Bertz CT molecular complexity index is 168. The maximum Gasteiger partial charge on any atom is 0.238 e. The number of hydrogen-bond acceptors (Lipinski definition) is 1. The van der Waals surface area contributed by atoms with Crippen molar-refractivity contribution in [3.05, 3.63) is 0 Å². The Balaban J connectivity index is 2.91. The van der Waals surface area contributed by atoms with E-state index < -0.39 is 5.91 Å². The van der Waals surface area contributed by atoms with Crippen molar-refractivity contribution >= 4 is 5.91 Å². The fraction of sp³-hybridized carbons (Fsp3) is 0.933. The first kappa shape index (κ1) is 16.5. The quantitative estimate of drug-likeness (QED) is 0.423. The van der Waals surface area contributed by atoms with E-state index in [2.05, 4.69) is 6.92 Å². The number of rotatable bonds is 13. The second-order valence-corrected chi connectivity index (χ2v) is 5.06. The molecule has 1 amide bonds. The predicted octanol–water partition coefficient (Wildman–Crippen LogP) is 4.89. The van der Waals surface area contributed by atoms with Crippen LogP contribution in [0.5, 0.6) is 0 Å². The number of amides is 1. The van der Waals surface area contributed by atoms with Gasteiger partial charge in [0.1, 0.15) is 0 Å². The van der Waals surface area contributed by atoms with E-state index in [9.17, 15) is 4.79 Å². The SMILES string of the molecule is CCCCCCCCCCCCCCC([NH])=O. The molecule has 1 radical (unpaired) electrons. The Hall–Kier alpha value is -0.530. The van der Waals surface area contributed by atoms with Crippen LogP contribution in [0.25, 0.3) is 0 Å². The van der Waals surface area contributed by atoms with Gasteiger partial charge in [-0.15, -0.1) is 0 Å². The second kappa shape index (κ2) is 13.5. The molecular formula is C15H30NO. The van der Waals surface area contributed by atoms with E-state index in [4.69, 9.17) is 5.73 Å². The van der Waals surface area contributed by atoms with E-state index in [1.165, 1.54) is 64.2 Å². The van der Waals surface area contributed by atoms with Crippen molar-refractivity contribution in [2.24, 2.45) is 0 Å². The number of nitrogens with one attached hydrogen (secondary N) is 1. The van der Waals surface area contributed by atoms with E-state index in [1.54, 1.807) is 0 Å². The molecule has 2 heteroatoms. The van der Waals surface area contributed by atoms with Gasteiger partial charge in [-0.1, -0.05) is 77.6 Å². The molecule has 0 saturated carbocycles. The third-order valence-corrected chi connectivity index (χ3v) is 3.26.